The molecule has 0 amide bonds. The molecule has 0 aliphatic heterocycles. The number of hydrogen-bond acceptors (Lipinski definition) is 5. The Kier molecular flexibility index (Phi) is 5.06. The standard InChI is InChI=1S/C12H16N4O2/c1-8(2)3-9(12(17)18)5-15-11-7-14-10(4-13)6-16-11/h6-9H,3,5H2,1-2H3,(H,15,16)(H,17,18). The van der Waals surface area contributed by atoms with Crippen molar-refractivity contribution in [2.24, 2.45) is 11.8 Å². The summed E-state index contributed by atoms with van der Waals surface area (Å²) in [6.45, 7) is 4.27. The minimum Gasteiger partial charge on any atom is -0.481 e. The fraction of sp³-hybridized carbons (Fsp3) is 0.500. The molecule has 0 saturated carbocycles. The van der Waals surface area contributed by atoms with Gasteiger partial charge in [0.1, 0.15) is 11.9 Å². The zero-order valence-electron chi connectivity index (χ0n) is 10.4. The lowest BCUT2D eigenvalue weighted by Crippen LogP contribution is -2.24. The summed E-state index contributed by atoms with van der Waals surface area (Å²) in [5, 5.41) is 20.6. The van der Waals surface area contributed by atoms with Gasteiger partial charge in [-0.2, -0.15) is 5.26 Å². The Morgan fingerprint density at radius 3 is 2.67 bits per heavy atom. The van der Waals surface area contributed by atoms with Crippen molar-refractivity contribution >= 4 is 11.8 Å². The number of nitrogens with zero attached hydrogens (tertiary/aromatic N) is 3. The molecule has 1 aromatic heterocycles. The van der Waals surface area contributed by atoms with Crippen molar-refractivity contribution < 1.29 is 9.90 Å². The van der Waals surface area contributed by atoms with Crippen molar-refractivity contribution in [1.82, 2.24) is 9.97 Å². The molecular formula is C12H16N4O2. The van der Waals surface area contributed by atoms with Gasteiger partial charge in [0.05, 0.1) is 18.3 Å². The molecule has 1 aromatic rings. The van der Waals surface area contributed by atoms with Gasteiger partial charge < -0.3 is 10.4 Å². The van der Waals surface area contributed by atoms with E-state index < -0.39 is 11.9 Å². The average molecular weight is 248 g/mol. The van der Waals surface area contributed by atoms with Gasteiger partial charge in [0, 0.05) is 6.54 Å². The fourth-order valence-corrected chi connectivity index (χ4v) is 1.55. The van der Waals surface area contributed by atoms with E-state index in [0.29, 0.717) is 24.7 Å². The Labute approximate surface area is 106 Å². The van der Waals surface area contributed by atoms with Crippen molar-refractivity contribution in [3.8, 4) is 6.07 Å². The highest BCUT2D eigenvalue weighted by Gasteiger charge is 2.18. The van der Waals surface area contributed by atoms with Crippen LogP contribution in [0.1, 0.15) is 26.0 Å². The van der Waals surface area contributed by atoms with Crippen LogP contribution in [0, 0.1) is 23.2 Å². The van der Waals surface area contributed by atoms with E-state index in [0.717, 1.165) is 0 Å². The fourth-order valence-electron chi connectivity index (χ4n) is 1.55. The van der Waals surface area contributed by atoms with Gasteiger partial charge in [-0.15, -0.1) is 0 Å². The summed E-state index contributed by atoms with van der Waals surface area (Å²) >= 11 is 0. The number of anilines is 1. The second kappa shape index (κ2) is 6.55. The van der Waals surface area contributed by atoms with E-state index in [4.69, 9.17) is 10.4 Å². The lowest BCUT2D eigenvalue weighted by Gasteiger charge is -2.15. The van der Waals surface area contributed by atoms with E-state index in [9.17, 15) is 4.79 Å². The first-order chi connectivity index (χ1) is 8.52. The largest absolute Gasteiger partial charge is 0.481 e. The minimum atomic E-state index is -0.821. The van der Waals surface area contributed by atoms with Crippen LogP contribution in [0.5, 0.6) is 0 Å². The van der Waals surface area contributed by atoms with Crippen molar-refractivity contribution in [1.29, 1.82) is 5.26 Å². The molecular weight excluding hydrogens is 232 g/mol. The van der Waals surface area contributed by atoms with Crippen LogP contribution >= 0.6 is 0 Å². The van der Waals surface area contributed by atoms with E-state index in [1.165, 1.54) is 12.4 Å². The molecule has 1 atom stereocenters. The van der Waals surface area contributed by atoms with Crippen molar-refractivity contribution in [2.75, 3.05) is 11.9 Å². The molecule has 96 valence electrons. The topological polar surface area (TPSA) is 98.9 Å². The minimum absolute atomic E-state index is 0.234. The third-order valence-corrected chi connectivity index (χ3v) is 2.40. The Morgan fingerprint density at radius 2 is 2.22 bits per heavy atom. The van der Waals surface area contributed by atoms with Crippen LogP contribution in [-0.4, -0.2) is 27.6 Å². The molecule has 0 aliphatic rings. The third-order valence-electron chi connectivity index (χ3n) is 2.40. The molecule has 0 aliphatic carbocycles. The predicted molar refractivity (Wildman–Crippen MR) is 65.8 cm³/mol. The number of aromatic nitrogens is 2. The quantitative estimate of drug-likeness (QED) is 0.791. The molecule has 1 unspecified atom stereocenters. The lowest BCUT2D eigenvalue weighted by molar-refractivity contribution is -0.141. The zero-order chi connectivity index (χ0) is 13.5. The third kappa shape index (κ3) is 4.37. The number of rotatable bonds is 6. The Bertz CT molecular complexity index is 436. The summed E-state index contributed by atoms with van der Waals surface area (Å²) in [6.07, 6.45) is 3.37. The first kappa shape index (κ1) is 13.9. The first-order valence-corrected chi connectivity index (χ1v) is 5.71. The SMILES string of the molecule is CC(C)CC(CNc1cnc(C#N)cn1)C(=O)O. The smallest absolute Gasteiger partial charge is 0.308 e. The van der Waals surface area contributed by atoms with E-state index >= 15 is 0 Å². The number of nitriles is 1. The molecule has 0 saturated heterocycles. The van der Waals surface area contributed by atoms with Crippen LogP contribution in [0.2, 0.25) is 0 Å². The summed E-state index contributed by atoms with van der Waals surface area (Å²) < 4.78 is 0. The highest BCUT2D eigenvalue weighted by Crippen LogP contribution is 2.13. The summed E-state index contributed by atoms with van der Waals surface area (Å²) in [5.74, 6) is -0.482. The molecule has 18 heavy (non-hydrogen) atoms. The van der Waals surface area contributed by atoms with Crippen LogP contribution < -0.4 is 5.32 Å². The zero-order valence-corrected chi connectivity index (χ0v) is 10.4. The van der Waals surface area contributed by atoms with Crippen molar-refractivity contribution in [3.05, 3.63) is 18.1 Å². The highest BCUT2D eigenvalue weighted by molar-refractivity contribution is 5.70. The molecule has 0 aromatic carbocycles. The summed E-state index contributed by atoms with van der Waals surface area (Å²) in [7, 11) is 0. The van der Waals surface area contributed by atoms with Gasteiger partial charge in [0.2, 0.25) is 0 Å². The lowest BCUT2D eigenvalue weighted by atomic mass is 9.97. The first-order valence-electron chi connectivity index (χ1n) is 5.71. The normalized spacial score (nSPS) is 11.9. The van der Waals surface area contributed by atoms with Crippen LogP contribution in [0.25, 0.3) is 0 Å². The number of aliphatic carboxylic acids is 1. The van der Waals surface area contributed by atoms with E-state index in [2.05, 4.69) is 15.3 Å². The Hall–Kier alpha value is -2.16. The van der Waals surface area contributed by atoms with Gasteiger partial charge in [-0.1, -0.05) is 13.8 Å². The van der Waals surface area contributed by atoms with Crippen LogP contribution in [0.3, 0.4) is 0 Å². The second-order valence-electron chi connectivity index (χ2n) is 4.44. The number of carboxylic acids is 1. The van der Waals surface area contributed by atoms with E-state index in [1.54, 1.807) is 0 Å². The Balaban J connectivity index is 2.56. The van der Waals surface area contributed by atoms with Gasteiger partial charge in [-0.3, -0.25) is 4.79 Å². The van der Waals surface area contributed by atoms with Crippen molar-refractivity contribution in [3.63, 3.8) is 0 Å². The number of carboxylic acid groups (broad SMARTS) is 1. The highest BCUT2D eigenvalue weighted by atomic mass is 16.4. The predicted octanol–water partition coefficient (Wildman–Crippen LogP) is 1.51. The van der Waals surface area contributed by atoms with Crippen LogP contribution in [-0.2, 0) is 4.79 Å². The monoisotopic (exact) mass is 248 g/mol. The molecule has 0 radical (unpaired) electrons. The van der Waals surface area contributed by atoms with Crippen LogP contribution in [0.4, 0.5) is 5.82 Å². The number of carbonyl (C=O) groups is 1. The average Bonchev–Trinajstić information content (AvgIpc) is 2.34. The summed E-state index contributed by atoms with van der Waals surface area (Å²) in [4.78, 5) is 18.9. The maximum atomic E-state index is 11.0. The second-order valence-corrected chi connectivity index (χ2v) is 4.44. The molecule has 0 bridgehead atoms. The van der Waals surface area contributed by atoms with Gasteiger partial charge in [0.25, 0.3) is 0 Å². The molecule has 6 nitrogen and oxygen atoms in total. The van der Waals surface area contributed by atoms with Gasteiger partial charge >= 0.3 is 5.97 Å². The van der Waals surface area contributed by atoms with Gasteiger partial charge in [-0.05, 0) is 12.3 Å². The molecule has 1 rings (SSSR count). The molecule has 6 heteroatoms. The maximum absolute atomic E-state index is 11.0. The molecule has 2 N–H and O–H groups in total. The van der Waals surface area contributed by atoms with E-state index in [1.807, 2.05) is 19.9 Å². The molecule has 0 fully saturated rings. The van der Waals surface area contributed by atoms with Gasteiger partial charge in [0.15, 0.2) is 5.69 Å². The molecule has 0 spiro atoms. The number of hydrogen-bond donors (Lipinski definition) is 2. The number of nitrogens with one attached hydrogen (secondary N) is 1. The summed E-state index contributed by atoms with van der Waals surface area (Å²) in [6, 6.07) is 1.87. The summed E-state index contributed by atoms with van der Waals surface area (Å²) in [5.41, 5.74) is 0.234. The van der Waals surface area contributed by atoms with Crippen LogP contribution in [0.15, 0.2) is 12.4 Å². The molecule has 1 heterocycles. The Morgan fingerprint density at radius 1 is 1.50 bits per heavy atom. The van der Waals surface area contributed by atoms with Gasteiger partial charge in [-0.25, -0.2) is 9.97 Å². The maximum Gasteiger partial charge on any atom is 0.308 e. The van der Waals surface area contributed by atoms with Crippen molar-refractivity contribution in [2.45, 2.75) is 20.3 Å². The van der Waals surface area contributed by atoms with E-state index in [-0.39, 0.29) is 5.69 Å².